The first-order valence-electron chi connectivity index (χ1n) is 7.33. The molecule has 2 amide bonds. The molecule has 0 aliphatic carbocycles. The first-order chi connectivity index (χ1) is 10.1. The van der Waals surface area contributed by atoms with Crippen LogP contribution in [0.1, 0.15) is 42.7 Å². The van der Waals surface area contributed by atoms with Gasteiger partial charge in [0.15, 0.2) is 0 Å². The van der Waals surface area contributed by atoms with E-state index in [0.29, 0.717) is 18.6 Å². The average molecular weight is 305 g/mol. The standard InChI is InChI=1S/C15H19N3O2S/c1-3-12-10-7-9-21-13(10)6-8-18(12)15(20)11-4-5-14(19)17(2)16-11/h7,9,12H,3-6,8H2,1-2H3/t12-/m0/s1. The van der Waals surface area contributed by atoms with Crippen molar-refractivity contribution in [1.82, 2.24) is 9.91 Å². The van der Waals surface area contributed by atoms with Crippen LogP contribution in [0.2, 0.25) is 0 Å². The summed E-state index contributed by atoms with van der Waals surface area (Å²) in [6.07, 6.45) is 2.63. The lowest BCUT2D eigenvalue weighted by molar-refractivity contribution is -0.131. The highest BCUT2D eigenvalue weighted by Crippen LogP contribution is 2.35. The van der Waals surface area contributed by atoms with Gasteiger partial charge in [-0.3, -0.25) is 9.59 Å². The fraction of sp³-hybridized carbons (Fsp3) is 0.533. The van der Waals surface area contributed by atoms with Gasteiger partial charge in [-0.2, -0.15) is 5.10 Å². The van der Waals surface area contributed by atoms with Crippen LogP contribution in [0.4, 0.5) is 0 Å². The van der Waals surface area contributed by atoms with Crippen molar-refractivity contribution in [1.29, 1.82) is 0 Å². The van der Waals surface area contributed by atoms with Gasteiger partial charge in [-0.1, -0.05) is 6.92 Å². The van der Waals surface area contributed by atoms with Gasteiger partial charge in [0.1, 0.15) is 5.71 Å². The van der Waals surface area contributed by atoms with Gasteiger partial charge >= 0.3 is 0 Å². The number of fused-ring (bicyclic) bond motifs is 1. The summed E-state index contributed by atoms with van der Waals surface area (Å²) in [4.78, 5) is 27.6. The molecule has 0 fully saturated rings. The van der Waals surface area contributed by atoms with Crippen molar-refractivity contribution in [3.05, 3.63) is 21.9 Å². The minimum absolute atomic E-state index is 0.0157. The van der Waals surface area contributed by atoms with Crippen LogP contribution in [0.15, 0.2) is 16.5 Å². The summed E-state index contributed by atoms with van der Waals surface area (Å²) in [7, 11) is 1.61. The fourth-order valence-electron chi connectivity index (χ4n) is 3.07. The van der Waals surface area contributed by atoms with Crippen molar-refractivity contribution in [2.75, 3.05) is 13.6 Å². The summed E-state index contributed by atoms with van der Waals surface area (Å²) >= 11 is 1.77. The maximum atomic E-state index is 12.8. The summed E-state index contributed by atoms with van der Waals surface area (Å²) in [5.74, 6) is -0.0459. The van der Waals surface area contributed by atoms with Gasteiger partial charge < -0.3 is 4.90 Å². The molecule has 0 saturated heterocycles. The van der Waals surface area contributed by atoms with Crippen molar-refractivity contribution < 1.29 is 9.59 Å². The third-order valence-electron chi connectivity index (χ3n) is 4.20. The molecule has 6 heteroatoms. The molecule has 0 unspecified atom stereocenters. The van der Waals surface area contributed by atoms with Gasteiger partial charge in [0.25, 0.3) is 5.91 Å². The molecule has 2 aliphatic rings. The van der Waals surface area contributed by atoms with Gasteiger partial charge in [-0.05, 0) is 29.9 Å². The smallest absolute Gasteiger partial charge is 0.270 e. The van der Waals surface area contributed by atoms with E-state index in [-0.39, 0.29) is 17.9 Å². The summed E-state index contributed by atoms with van der Waals surface area (Å²) in [5, 5.41) is 7.55. The molecule has 3 rings (SSSR count). The van der Waals surface area contributed by atoms with Crippen molar-refractivity contribution in [3.63, 3.8) is 0 Å². The summed E-state index contributed by atoms with van der Waals surface area (Å²) in [5.41, 5.74) is 1.79. The van der Waals surface area contributed by atoms with Crippen LogP contribution in [-0.2, 0) is 16.0 Å². The Balaban J connectivity index is 1.85. The number of amides is 2. The molecule has 21 heavy (non-hydrogen) atoms. The second-order valence-electron chi connectivity index (χ2n) is 5.44. The van der Waals surface area contributed by atoms with E-state index in [4.69, 9.17) is 0 Å². The number of thiophene rings is 1. The van der Waals surface area contributed by atoms with Crippen LogP contribution < -0.4 is 0 Å². The van der Waals surface area contributed by atoms with Gasteiger partial charge in [-0.15, -0.1) is 11.3 Å². The molecular weight excluding hydrogens is 286 g/mol. The Morgan fingerprint density at radius 1 is 1.43 bits per heavy atom. The molecule has 0 spiro atoms. The molecule has 1 aromatic heterocycles. The predicted molar refractivity (Wildman–Crippen MR) is 82.2 cm³/mol. The van der Waals surface area contributed by atoms with Crippen LogP contribution in [0.5, 0.6) is 0 Å². The zero-order valence-electron chi connectivity index (χ0n) is 12.3. The Hall–Kier alpha value is -1.69. The Morgan fingerprint density at radius 2 is 2.24 bits per heavy atom. The lowest BCUT2D eigenvalue weighted by Crippen LogP contribution is -2.45. The first kappa shape index (κ1) is 14.3. The molecule has 0 bridgehead atoms. The molecule has 3 heterocycles. The fourth-order valence-corrected chi connectivity index (χ4v) is 4.00. The van der Waals surface area contributed by atoms with Crippen LogP contribution in [0.3, 0.4) is 0 Å². The van der Waals surface area contributed by atoms with Crippen LogP contribution in [0.25, 0.3) is 0 Å². The highest BCUT2D eigenvalue weighted by Gasteiger charge is 2.33. The Bertz CT molecular complexity index is 608. The average Bonchev–Trinajstić information content (AvgIpc) is 2.96. The molecule has 1 aromatic rings. The quantitative estimate of drug-likeness (QED) is 0.841. The van der Waals surface area contributed by atoms with E-state index >= 15 is 0 Å². The topological polar surface area (TPSA) is 53.0 Å². The maximum absolute atomic E-state index is 12.8. The molecule has 0 aromatic carbocycles. The van der Waals surface area contributed by atoms with E-state index in [1.54, 1.807) is 18.4 Å². The molecule has 112 valence electrons. The van der Waals surface area contributed by atoms with E-state index in [1.807, 2.05) is 4.90 Å². The Morgan fingerprint density at radius 3 is 2.95 bits per heavy atom. The van der Waals surface area contributed by atoms with Crippen LogP contribution >= 0.6 is 11.3 Å². The monoisotopic (exact) mass is 305 g/mol. The highest BCUT2D eigenvalue weighted by molar-refractivity contribution is 7.10. The van der Waals surface area contributed by atoms with Crippen LogP contribution in [0, 0.1) is 0 Å². The predicted octanol–water partition coefficient (Wildman–Crippen LogP) is 2.19. The Labute approximate surface area is 128 Å². The van der Waals surface area contributed by atoms with E-state index in [1.165, 1.54) is 15.4 Å². The lowest BCUT2D eigenvalue weighted by atomic mass is 9.96. The minimum Gasteiger partial charge on any atom is -0.330 e. The number of hydrogen-bond donors (Lipinski definition) is 0. The highest BCUT2D eigenvalue weighted by atomic mass is 32.1. The minimum atomic E-state index is -0.0302. The number of hydrogen-bond acceptors (Lipinski definition) is 4. The van der Waals surface area contributed by atoms with Crippen molar-refractivity contribution in [3.8, 4) is 0 Å². The molecule has 0 radical (unpaired) electrons. The van der Waals surface area contributed by atoms with Crippen molar-refractivity contribution in [2.45, 2.75) is 38.6 Å². The normalized spacial score (nSPS) is 22.1. The van der Waals surface area contributed by atoms with E-state index in [2.05, 4.69) is 23.5 Å². The zero-order chi connectivity index (χ0) is 15.0. The van der Waals surface area contributed by atoms with Crippen molar-refractivity contribution >= 4 is 28.9 Å². The van der Waals surface area contributed by atoms with E-state index < -0.39 is 0 Å². The van der Waals surface area contributed by atoms with Gasteiger partial charge in [0.2, 0.25) is 5.91 Å². The van der Waals surface area contributed by atoms with Gasteiger partial charge in [0, 0.05) is 31.3 Å². The maximum Gasteiger partial charge on any atom is 0.270 e. The van der Waals surface area contributed by atoms with Crippen molar-refractivity contribution in [2.24, 2.45) is 5.10 Å². The first-order valence-corrected chi connectivity index (χ1v) is 8.21. The largest absolute Gasteiger partial charge is 0.330 e. The molecule has 0 saturated carbocycles. The third kappa shape index (κ3) is 2.48. The zero-order valence-corrected chi connectivity index (χ0v) is 13.2. The number of hydrazone groups is 1. The SMILES string of the molecule is CC[C@H]1c2ccsc2CCN1C(=O)C1=NN(C)C(=O)CC1. The van der Waals surface area contributed by atoms with Crippen LogP contribution in [-0.4, -0.2) is 41.0 Å². The second-order valence-corrected chi connectivity index (χ2v) is 6.44. The summed E-state index contributed by atoms with van der Waals surface area (Å²) < 4.78 is 0. The number of carbonyl (C=O) groups is 2. The third-order valence-corrected chi connectivity index (χ3v) is 5.19. The lowest BCUT2D eigenvalue weighted by Gasteiger charge is -2.36. The van der Waals surface area contributed by atoms with E-state index in [9.17, 15) is 9.59 Å². The second kappa shape index (κ2) is 5.60. The number of nitrogens with zero attached hydrogens (tertiary/aromatic N) is 3. The molecular formula is C15H19N3O2S. The number of carbonyl (C=O) groups excluding carboxylic acids is 2. The number of rotatable bonds is 2. The molecule has 2 aliphatic heterocycles. The van der Waals surface area contributed by atoms with Gasteiger partial charge in [-0.25, -0.2) is 5.01 Å². The molecule has 0 N–H and O–H groups in total. The molecule has 5 nitrogen and oxygen atoms in total. The van der Waals surface area contributed by atoms with E-state index in [0.717, 1.165) is 19.4 Å². The molecule has 1 atom stereocenters. The Kier molecular flexibility index (Phi) is 3.80. The summed E-state index contributed by atoms with van der Waals surface area (Å²) in [6, 6.07) is 2.27. The van der Waals surface area contributed by atoms with Gasteiger partial charge in [0.05, 0.1) is 6.04 Å². The summed E-state index contributed by atoms with van der Waals surface area (Å²) in [6.45, 7) is 2.84.